The summed E-state index contributed by atoms with van der Waals surface area (Å²) in [6.45, 7) is 4.11. The molecule has 2 fully saturated rings. The summed E-state index contributed by atoms with van der Waals surface area (Å²) in [5, 5.41) is 0.347. The van der Waals surface area contributed by atoms with Gasteiger partial charge >= 0.3 is 0 Å². The van der Waals surface area contributed by atoms with Gasteiger partial charge in [0, 0.05) is 32.2 Å². The zero-order valence-corrected chi connectivity index (χ0v) is 10.4. The molecule has 0 unspecified atom stereocenters. The summed E-state index contributed by atoms with van der Waals surface area (Å²) >= 11 is 5.91. The van der Waals surface area contributed by atoms with Gasteiger partial charge in [0.25, 0.3) is 0 Å². The maximum Gasteiger partial charge on any atom is 0.157 e. The van der Waals surface area contributed by atoms with Crippen LogP contribution in [0.3, 0.4) is 0 Å². The summed E-state index contributed by atoms with van der Waals surface area (Å²) in [5.41, 5.74) is 6.40. The molecule has 0 bridgehead atoms. The largest absolute Gasteiger partial charge is 0.393 e. The number of anilines is 2. The number of nitrogens with two attached hydrogens (primary N) is 1. The summed E-state index contributed by atoms with van der Waals surface area (Å²) in [4.78, 5) is 12.9. The van der Waals surface area contributed by atoms with Crippen molar-refractivity contribution in [2.75, 3.05) is 36.8 Å². The molecule has 0 spiro atoms. The van der Waals surface area contributed by atoms with Gasteiger partial charge in [-0.1, -0.05) is 11.6 Å². The van der Waals surface area contributed by atoms with E-state index in [0.29, 0.717) is 10.8 Å². The van der Waals surface area contributed by atoms with Crippen LogP contribution >= 0.6 is 11.6 Å². The summed E-state index contributed by atoms with van der Waals surface area (Å²) in [6.07, 6.45) is 4.20. The van der Waals surface area contributed by atoms with Crippen molar-refractivity contribution < 1.29 is 0 Å². The summed E-state index contributed by atoms with van der Waals surface area (Å²) in [6, 6.07) is 0.837. The van der Waals surface area contributed by atoms with Crippen LogP contribution in [0.15, 0.2) is 6.33 Å². The van der Waals surface area contributed by atoms with Gasteiger partial charge in [-0.3, -0.25) is 4.90 Å². The first kappa shape index (κ1) is 11.0. The lowest BCUT2D eigenvalue weighted by molar-refractivity contribution is 0.247. The van der Waals surface area contributed by atoms with Crippen LogP contribution in [0.4, 0.5) is 11.5 Å². The second-order valence-electron chi connectivity index (χ2n) is 4.66. The Balaban J connectivity index is 1.71. The van der Waals surface area contributed by atoms with Crippen molar-refractivity contribution in [1.29, 1.82) is 0 Å². The Morgan fingerprint density at radius 3 is 2.53 bits per heavy atom. The molecule has 2 N–H and O–H groups in total. The number of hydrogen-bond donors (Lipinski definition) is 1. The SMILES string of the molecule is Nc1c(Cl)ncnc1N1CCN(C2CC2)CC1. The van der Waals surface area contributed by atoms with E-state index in [2.05, 4.69) is 19.8 Å². The summed E-state index contributed by atoms with van der Waals surface area (Å²) < 4.78 is 0. The molecule has 0 aromatic carbocycles. The monoisotopic (exact) mass is 253 g/mol. The van der Waals surface area contributed by atoms with E-state index in [4.69, 9.17) is 17.3 Å². The molecule has 1 saturated heterocycles. The second-order valence-corrected chi connectivity index (χ2v) is 5.01. The minimum Gasteiger partial charge on any atom is -0.393 e. The first-order valence-corrected chi connectivity index (χ1v) is 6.38. The van der Waals surface area contributed by atoms with Gasteiger partial charge in [-0.25, -0.2) is 9.97 Å². The second kappa shape index (κ2) is 4.31. The van der Waals surface area contributed by atoms with Gasteiger partial charge in [0.05, 0.1) is 0 Å². The molecular weight excluding hydrogens is 238 g/mol. The summed E-state index contributed by atoms with van der Waals surface area (Å²) in [5.74, 6) is 0.778. The highest BCUT2D eigenvalue weighted by molar-refractivity contribution is 6.32. The average Bonchev–Trinajstić information content (AvgIpc) is 3.17. The lowest BCUT2D eigenvalue weighted by Gasteiger charge is -2.35. The fourth-order valence-electron chi connectivity index (χ4n) is 2.36. The van der Waals surface area contributed by atoms with E-state index in [1.165, 1.54) is 19.2 Å². The number of hydrogen-bond acceptors (Lipinski definition) is 5. The van der Waals surface area contributed by atoms with Crippen LogP contribution in [0.1, 0.15) is 12.8 Å². The molecular formula is C11H16ClN5. The first-order valence-electron chi connectivity index (χ1n) is 6.00. The Morgan fingerprint density at radius 2 is 1.88 bits per heavy atom. The van der Waals surface area contributed by atoms with Crippen LogP contribution in [0.5, 0.6) is 0 Å². The van der Waals surface area contributed by atoms with Crippen LogP contribution in [0.25, 0.3) is 0 Å². The molecule has 1 aliphatic heterocycles. The molecule has 1 saturated carbocycles. The Morgan fingerprint density at radius 1 is 1.18 bits per heavy atom. The van der Waals surface area contributed by atoms with E-state index in [-0.39, 0.29) is 0 Å². The molecule has 5 nitrogen and oxygen atoms in total. The van der Waals surface area contributed by atoms with Gasteiger partial charge < -0.3 is 10.6 Å². The van der Waals surface area contributed by atoms with Gasteiger partial charge in [-0.15, -0.1) is 0 Å². The number of nitrogens with zero attached hydrogens (tertiary/aromatic N) is 4. The zero-order valence-electron chi connectivity index (χ0n) is 9.64. The molecule has 6 heteroatoms. The Kier molecular flexibility index (Phi) is 2.80. The molecule has 17 heavy (non-hydrogen) atoms. The minimum atomic E-state index is 0.347. The van der Waals surface area contributed by atoms with Crippen LogP contribution in [0.2, 0.25) is 5.15 Å². The van der Waals surface area contributed by atoms with Gasteiger partial charge in [0.1, 0.15) is 12.0 Å². The molecule has 1 aromatic heterocycles. The maximum absolute atomic E-state index is 5.91. The van der Waals surface area contributed by atoms with E-state index < -0.39 is 0 Å². The van der Waals surface area contributed by atoms with Gasteiger partial charge in [-0.2, -0.15) is 0 Å². The topological polar surface area (TPSA) is 58.3 Å². The van der Waals surface area contributed by atoms with Crippen molar-refractivity contribution in [3.8, 4) is 0 Å². The van der Waals surface area contributed by atoms with Crippen molar-refractivity contribution >= 4 is 23.1 Å². The number of halogens is 1. The molecule has 92 valence electrons. The predicted molar refractivity (Wildman–Crippen MR) is 68.3 cm³/mol. The van der Waals surface area contributed by atoms with Crippen LogP contribution in [-0.2, 0) is 0 Å². The zero-order chi connectivity index (χ0) is 11.8. The first-order chi connectivity index (χ1) is 8.25. The average molecular weight is 254 g/mol. The predicted octanol–water partition coefficient (Wildman–Crippen LogP) is 0.997. The van der Waals surface area contributed by atoms with E-state index in [0.717, 1.165) is 38.0 Å². The normalized spacial score (nSPS) is 21.8. The number of rotatable bonds is 2. The lowest BCUT2D eigenvalue weighted by Crippen LogP contribution is -2.47. The third-order valence-electron chi connectivity index (χ3n) is 3.49. The number of piperazine rings is 1. The molecule has 0 radical (unpaired) electrons. The fourth-order valence-corrected chi connectivity index (χ4v) is 2.48. The Labute approximate surface area is 106 Å². The highest BCUT2D eigenvalue weighted by Gasteiger charge is 2.31. The fraction of sp³-hybridized carbons (Fsp3) is 0.636. The van der Waals surface area contributed by atoms with Gasteiger partial charge in [-0.05, 0) is 12.8 Å². The Hall–Kier alpha value is -1.07. The van der Waals surface area contributed by atoms with Gasteiger partial charge in [0.15, 0.2) is 11.0 Å². The molecule has 2 heterocycles. The van der Waals surface area contributed by atoms with E-state index in [1.54, 1.807) is 0 Å². The standard InChI is InChI=1S/C11H16ClN5/c12-10-9(13)11(15-7-14-10)17-5-3-16(4-6-17)8-1-2-8/h7-8H,1-6,13H2. The minimum absolute atomic E-state index is 0.347. The molecule has 1 aliphatic carbocycles. The Bertz CT molecular complexity index is 412. The third-order valence-corrected chi connectivity index (χ3v) is 3.79. The van der Waals surface area contributed by atoms with E-state index in [1.807, 2.05) is 0 Å². The molecule has 0 amide bonds. The quantitative estimate of drug-likeness (QED) is 0.797. The van der Waals surface area contributed by atoms with Crippen molar-refractivity contribution in [2.24, 2.45) is 0 Å². The summed E-state index contributed by atoms with van der Waals surface area (Å²) in [7, 11) is 0. The van der Waals surface area contributed by atoms with E-state index >= 15 is 0 Å². The van der Waals surface area contributed by atoms with Crippen LogP contribution < -0.4 is 10.6 Å². The molecule has 1 aromatic rings. The molecule has 3 rings (SSSR count). The number of aromatic nitrogens is 2. The smallest absolute Gasteiger partial charge is 0.157 e. The van der Waals surface area contributed by atoms with Crippen molar-refractivity contribution in [3.05, 3.63) is 11.5 Å². The molecule has 0 atom stereocenters. The van der Waals surface area contributed by atoms with Crippen molar-refractivity contribution in [3.63, 3.8) is 0 Å². The highest BCUT2D eigenvalue weighted by atomic mass is 35.5. The van der Waals surface area contributed by atoms with Gasteiger partial charge in [0.2, 0.25) is 0 Å². The maximum atomic E-state index is 5.91. The van der Waals surface area contributed by atoms with Crippen molar-refractivity contribution in [2.45, 2.75) is 18.9 Å². The highest BCUT2D eigenvalue weighted by Crippen LogP contribution is 2.30. The van der Waals surface area contributed by atoms with E-state index in [9.17, 15) is 0 Å². The molecule has 2 aliphatic rings. The van der Waals surface area contributed by atoms with Crippen LogP contribution in [-0.4, -0.2) is 47.1 Å². The van der Waals surface area contributed by atoms with Crippen LogP contribution in [0, 0.1) is 0 Å². The lowest BCUT2D eigenvalue weighted by atomic mass is 10.3. The van der Waals surface area contributed by atoms with Crippen molar-refractivity contribution in [1.82, 2.24) is 14.9 Å². The number of nitrogen functional groups attached to an aromatic ring is 1. The third kappa shape index (κ3) is 2.17.